The van der Waals surface area contributed by atoms with Crippen molar-refractivity contribution in [1.29, 1.82) is 0 Å². The molecule has 2 atom stereocenters. The summed E-state index contributed by atoms with van der Waals surface area (Å²) in [6.07, 6.45) is 1.26. The molecule has 1 saturated heterocycles. The van der Waals surface area contributed by atoms with E-state index in [1.807, 2.05) is 0 Å². The molecule has 0 aromatic heterocycles. The van der Waals surface area contributed by atoms with Crippen LogP contribution in [0.1, 0.15) is 6.42 Å². The molecule has 2 nitrogen and oxygen atoms in total. The zero-order valence-electron chi connectivity index (χ0n) is 4.28. The molecule has 2 fully saturated rings. The Morgan fingerprint density at radius 2 is 2.57 bits per heavy atom. The molecule has 1 aliphatic heterocycles. The highest BCUT2D eigenvalue weighted by atomic mass is 15.1. The Morgan fingerprint density at radius 3 is 2.71 bits per heavy atom. The highest BCUT2D eigenvalue weighted by molar-refractivity contribution is 5.14. The minimum Gasteiger partial charge on any atom is -0.324 e. The minimum absolute atomic E-state index is 0.250. The second kappa shape index (κ2) is 0.858. The maximum atomic E-state index is 5.79. The predicted octanol–water partition coefficient (Wildman–Crippen LogP) is -0.693. The Labute approximate surface area is 43.1 Å². The third-order valence-corrected chi connectivity index (χ3v) is 2.12. The van der Waals surface area contributed by atoms with E-state index in [4.69, 9.17) is 5.73 Å². The van der Waals surface area contributed by atoms with Gasteiger partial charge in [-0.1, -0.05) is 0 Å². The molecule has 0 unspecified atom stereocenters. The van der Waals surface area contributed by atoms with Crippen molar-refractivity contribution in [2.45, 2.75) is 12.0 Å². The van der Waals surface area contributed by atoms with E-state index in [1.165, 1.54) is 6.42 Å². The predicted molar refractivity (Wildman–Crippen MR) is 27.9 cm³/mol. The molecular weight excluding hydrogens is 88.1 g/mol. The Morgan fingerprint density at radius 1 is 1.71 bits per heavy atom. The van der Waals surface area contributed by atoms with Crippen molar-refractivity contribution in [2.75, 3.05) is 13.1 Å². The summed E-state index contributed by atoms with van der Waals surface area (Å²) >= 11 is 0. The van der Waals surface area contributed by atoms with E-state index in [1.54, 1.807) is 0 Å². The highest BCUT2D eigenvalue weighted by Crippen LogP contribution is 2.43. The minimum atomic E-state index is 0.250. The zero-order chi connectivity index (χ0) is 4.91. The van der Waals surface area contributed by atoms with Crippen LogP contribution in [0.2, 0.25) is 0 Å². The maximum absolute atomic E-state index is 5.79. The first kappa shape index (κ1) is 3.87. The topological polar surface area (TPSA) is 38.0 Å². The summed E-state index contributed by atoms with van der Waals surface area (Å²) < 4.78 is 0. The molecule has 3 N–H and O–H groups in total. The van der Waals surface area contributed by atoms with Crippen molar-refractivity contribution in [3.05, 3.63) is 0 Å². The summed E-state index contributed by atoms with van der Waals surface area (Å²) in [6.45, 7) is 2.22. The van der Waals surface area contributed by atoms with Crippen LogP contribution in [0.25, 0.3) is 0 Å². The van der Waals surface area contributed by atoms with Gasteiger partial charge in [0.1, 0.15) is 0 Å². The van der Waals surface area contributed by atoms with Gasteiger partial charge >= 0.3 is 0 Å². The van der Waals surface area contributed by atoms with Crippen LogP contribution in [0.15, 0.2) is 0 Å². The van der Waals surface area contributed by atoms with E-state index in [0.717, 1.165) is 19.0 Å². The van der Waals surface area contributed by atoms with Crippen LogP contribution in [0.4, 0.5) is 0 Å². The van der Waals surface area contributed by atoms with Gasteiger partial charge in [-0.2, -0.15) is 0 Å². The molecule has 2 heteroatoms. The Balaban J connectivity index is 2.17. The normalized spacial score (nSPS) is 57.0. The Bertz CT molecular complexity index is 100. The summed E-state index contributed by atoms with van der Waals surface area (Å²) in [7, 11) is 0. The molecule has 0 bridgehead atoms. The number of hydrogen-bond donors (Lipinski definition) is 2. The Kier molecular flexibility index (Phi) is 0.474. The maximum Gasteiger partial charge on any atom is 0.0326 e. The molecule has 0 radical (unpaired) electrons. The quantitative estimate of drug-likeness (QED) is 0.421. The molecule has 0 amide bonds. The first-order valence-electron chi connectivity index (χ1n) is 2.81. The molecule has 0 spiro atoms. The largest absolute Gasteiger partial charge is 0.324 e. The first-order chi connectivity index (χ1) is 3.31. The van der Waals surface area contributed by atoms with Gasteiger partial charge in [0.15, 0.2) is 0 Å². The molecular formula is C5H10N2. The van der Waals surface area contributed by atoms with Crippen LogP contribution >= 0.6 is 0 Å². The van der Waals surface area contributed by atoms with Crippen molar-refractivity contribution in [3.63, 3.8) is 0 Å². The highest BCUT2D eigenvalue weighted by Gasteiger charge is 2.53. The van der Waals surface area contributed by atoms with E-state index >= 15 is 0 Å². The van der Waals surface area contributed by atoms with E-state index in [-0.39, 0.29) is 5.54 Å². The molecule has 0 aromatic carbocycles. The van der Waals surface area contributed by atoms with Gasteiger partial charge in [0.2, 0.25) is 0 Å². The second-order valence-electron chi connectivity index (χ2n) is 2.77. The summed E-state index contributed by atoms with van der Waals surface area (Å²) in [5, 5.41) is 3.24. The van der Waals surface area contributed by atoms with Crippen LogP contribution < -0.4 is 11.1 Å². The molecule has 1 saturated carbocycles. The molecule has 1 aliphatic carbocycles. The van der Waals surface area contributed by atoms with Gasteiger partial charge in [0.05, 0.1) is 0 Å². The number of nitrogens with one attached hydrogen (secondary N) is 1. The average Bonchev–Trinajstić information content (AvgIpc) is 2.09. The van der Waals surface area contributed by atoms with Gasteiger partial charge in [0.25, 0.3) is 0 Å². The van der Waals surface area contributed by atoms with Crippen molar-refractivity contribution in [1.82, 2.24) is 5.32 Å². The number of rotatable bonds is 0. The van der Waals surface area contributed by atoms with E-state index in [2.05, 4.69) is 5.32 Å². The van der Waals surface area contributed by atoms with Crippen LogP contribution in [-0.2, 0) is 0 Å². The molecule has 2 aliphatic rings. The smallest absolute Gasteiger partial charge is 0.0326 e. The first-order valence-corrected chi connectivity index (χ1v) is 2.81. The van der Waals surface area contributed by atoms with E-state index in [0.29, 0.717) is 0 Å². The lowest BCUT2D eigenvalue weighted by molar-refractivity contribution is 0.664. The molecule has 7 heavy (non-hydrogen) atoms. The number of fused-ring (bicyclic) bond motifs is 1. The Hall–Kier alpha value is -0.0800. The van der Waals surface area contributed by atoms with Gasteiger partial charge in [-0.15, -0.1) is 0 Å². The van der Waals surface area contributed by atoms with Gasteiger partial charge in [-0.25, -0.2) is 0 Å². The summed E-state index contributed by atoms with van der Waals surface area (Å²) in [5.41, 5.74) is 6.04. The van der Waals surface area contributed by atoms with Gasteiger partial charge in [-0.05, 0) is 18.9 Å². The van der Waals surface area contributed by atoms with Crippen LogP contribution in [-0.4, -0.2) is 18.6 Å². The standard InChI is InChI=1S/C5H10N2/c6-5-1-4(5)2-7-3-5/h4,7H,1-3,6H2/t4-,5-/m0/s1. The third-order valence-electron chi connectivity index (χ3n) is 2.12. The number of nitrogens with two attached hydrogens (primary N) is 1. The van der Waals surface area contributed by atoms with Crippen molar-refractivity contribution in [2.24, 2.45) is 11.7 Å². The second-order valence-corrected chi connectivity index (χ2v) is 2.77. The van der Waals surface area contributed by atoms with Crippen LogP contribution in [0.3, 0.4) is 0 Å². The molecule has 40 valence electrons. The van der Waals surface area contributed by atoms with Crippen molar-refractivity contribution >= 4 is 0 Å². The molecule has 1 heterocycles. The van der Waals surface area contributed by atoms with Gasteiger partial charge < -0.3 is 11.1 Å². The van der Waals surface area contributed by atoms with E-state index < -0.39 is 0 Å². The zero-order valence-corrected chi connectivity index (χ0v) is 4.28. The SMILES string of the molecule is N[C@@]12CNC[C@@H]1C2. The van der Waals surface area contributed by atoms with Crippen LogP contribution in [0.5, 0.6) is 0 Å². The lowest BCUT2D eigenvalue weighted by atomic mass is 10.3. The fourth-order valence-electron chi connectivity index (χ4n) is 1.37. The summed E-state index contributed by atoms with van der Waals surface area (Å²) in [6, 6.07) is 0. The van der Waals surface area contributed by atoms with Crippen molar-refractivity contribution in [3.8, 4) is 0 Å². The molecule has 2 rings (SSSR count). The number of piperidine rings is 1. The van der Waals surface area contributed by atoms with Gasteiger partial charge in [0, 0.05) is 12.1 Å². The lowest BCUT2D eigenvalue weighted by Crippen LogP contribution is -2.29. The van der Waals surface area contributed by atoms with Crippen LogP contribution in [0, 0.1) is 5.92 Å². The monoisotopic (exact) mass is 98.1 g/mol. The summed E-state index contributed by atoms with van der Waals surface area (Å²) in [4.78, 5) is 0. The van der Waals surface area contributed by atoms with Crippen molar-refractivity contribution < 1.29 is 0 Å². The third kappa shape index (κ3) is 0.359. The fraction of sp³-hybridized carbons (Fsp3) is 1.00. The molecule has 0 aromatic rings. The fourth-order valence-corrected chi connectivity index (χ4v) is 1.37. The van der Waals surface area contributed by atoms with Gasteiger partial charge in [-0.3, -0.25) is 0 Å². The lowest BCUT2D eigenvalue weighted by Gasteiger charge is -1.98. The van der Waals surface area contributed by atoms with E-state index in [9.17, 15) is 0 Å². The average molecular weight is 98.1 g/mol. The summed E-state index contributed by atoms with van der Waals surface area (Å²) in [5.74, 6) is 0.826. The number of hydrogen-bond acceptors (Lipinski definition) is 2.